The molecular weight excluding hydrogens is 348 g/mol. The largest absolute Gasteiger partial charge is 0.0804 e. The van der Waals surface area contributed by atoms with E-state index in [0.29, 0.717) is 0 Å². The van der Waals surface area contributed by atoms with Crippen molar-refractivity contribution < 1.29 is 0 Å². The van der Waals surface area contributed by atoms with Gasteiger partial charge in [0.15, 0.2) is 0 Å². The van der Waals surface area contributed by atoms with Crippen LogP contribution in [0.1, 0.15) is 95.1 Å². The van der Waals surface area contributed by atoms with Crippen LogP contribution in [0.25, 0.3) is 16.7 Å². The first-order valence-electron chi connectivity index (χ1n) is 12.1. The van der Waals surface area contributed by atoms with E-state index in [1.807, 2.05) is 0 Å². The minimum absolute atomic E-state index is 0.780. The average molecular weight is 387 g/mol. The van der Waals surface area contributed by atoms with E-state index in [4.69, 9.17) is 0 Å². The van der Waals surface area contributed by atoms with Gasteiger partial charge in [-0.15, -0.1) is 0 Å². The molecule has 0 aromatic heterocycles. The number of benzene rings is 2. The van der Waals surface area contributed by atoms with Crippen molar-refractivity contribution in [2.45, 2.75) is 84.0 Å². The summed E-state index contributed by atoms with van der Waals surface area (Å²) in [6.45, 7) is 4.70. The Labute approximate surface area is 178 Å². The maximum Gasteiger partial charge on any atom is -0.0162 e. The standard InChI is InChI=1S/C29H38/c1-3-4-5-23-8-12-25(13-9-23)27-16-20-29(21-17-27)28-18-14-26(15-19-28)24-10-6-22(2)7-11-24/h12,14-24H,3-11,13H2,1-2H3/t22-,23?,24-. The van der Waals surface area contributed by atoms with Crippen molar-refractivity contribution in [1.82, 2.24) is 0 Å². The van der Waals surface area contributed by atoms with Gasteiger partial charge in [0.2, 0.25) is 0 Å². The maximum atomic E-state index is 2.51. The van der Waals surface area contributed by atoms with Gasteiger partial charge in [-0.25, -0.2) is 0 Å². The molecule has 0 N–H and O–H groups in total. The van der Waals surface area contributed by atoms with Gasteiger partial charge in [-0.3, -0.25) is 0 Å². The summed E-state index contributed by atoms with van der Waals surface area (Å²) in [5, 5.41) is 0. The lowest BCUT2D eigenvalue weighted by Crippen LogP contribution is -2.10. The predicted molar refractivity (Wildman–Crippen MR) is 127 cm³/mol. The molecule has 154 valence electrons. The summed E-state index contributed by atoms with van der Waals surface area (Å²) in [6, 6.07) is 18.7. The van der Waals surface area contributed by atoms with Crippen LogP contribution in [0, 0.1) is 11.8 Å². The van der Waals surface area contributed by atoms with Crippen molar-refractivity contribution in [3.05, 3.63) is 65.7 Å². The Hall–Kier alpha value is -1.82. The molecule has 0 amide bonds. The van der Waals surface area contributed by atoms with Gasteiger partial charge in [-0.1, -0.05) is 101 Å². The van der Waals surface area contributed by atoms with Crippen LogP contribution in [0.3, 0.4) is 0 Å². The number of unbranched alkanes of at least 4 members (excludes halogenated alkanes) is 1. The van der Waals surface area contributed by atoms with E-state index in [2.05, 4.69) is 68.5 Å². The second-order valence-corrected chi connectivity index (χ2v) is 9.67. The number of hydrogen-bond donors (Lipinski definition) is 0. The Morgan fingerprint density at radius 2 is 1.38 bits per heavy atom. The van der Waals surface area contributed by atoms with Crippen molar-refractivity contribution in [2.24, 2.45) is 11.8 Å². The highest BCUT2D eigenvalue weighted by molar-refractivity contribution is 5.71. The van der Waals surface area contributed by atoms with Crippen LogP contribution in [0.5, 0.6) is 0 Å². The molecule has 0 saturated heterocycles. The van der Waals surface area contributed by atoms with E-state index >= 15 is 0 Å². The van der Waals surface area contributed by atoms with Gasteiger partial charge in [0.25, 0.3) is 0 Å². The van der Waals surface area contributed by atoms with Crippen molar-refractivity contribution >= 4 is 5.57 Å². The van der Waals surface area contributed by atoms with E-state index in [1.54, 1.807) is 11.1 Å². The Morgan fingerprint density at radius 1 is 0.759 bits per heavy atom. The van der Waals surface area contributed by atoms with E-state index in [-0.39, 0.29) is 0 Å². The molecule has 4 rings (SSSR count). The Balaban J connectivity index is 1.38. The monoisotopic (exact) mass is 386 g/mol. The molecule has 2 aliphatic rings. The fraction of sp³-hybridized carbons (Fsp3) is 0.517. The first-order chi connectivity index (χ1) is 14.2. The molecule has 0 aliphatic heterocycles. The first kappa shape index (κ1) is 20.5. The second-order valence-electron chi connectivity index (χ2n) is 9.67. The van der Waals surface area contributed by atoms with Gasteiger partial charge >= 0.3 is 0 Å². The lowest BCUT2D eigenvalue weighted by atomic mass is 9.79. The Bertz CT molecular complexity index is 785. The summed E-state index contributed by atoms with van der Waals surface area (Å²) >= 11 is 0. The lowest BCUT2D eigenvalue weighted by molar-refractivity contribution is 0.348. The summed E-state index contributed by atoms with van der Waals surface area (Å²) in [5.41, 5.74) is 7.22. The zero-order chi connectivity index (χ0) is 20.1. The molecule has 2 aromatic carbocycles. The van der Waals surface area contributed by atoms with E-state index in [9.17, 15) is 0 Å². The predicted octanol–water partition coefficient (Wildman–Crippen LogP) is 9.02. The molecule has 29 heavy (non-hydrogen) atoms. The molecule has 2 aromatic rings. The summed E-state index contributed by atoms with van der Waals surface area (Å²) in [5.74, 6) is 2.62. The summed E-state index contributed by atoms with van der Waals surface area (Å²) in [7, 11) is 0. The van der Waals surface area contributed by atoms with Gasteiger partial charge in [-0.05, 0) is 77.7 Å². The van der Waals surface area contributed by atoms with Crippen LogP contribution in [0.4, 0.5) is 0 Å². The van der Waals surface area contributed by atoms with Crippen molar-refractivity contribution in [3.8, 4) is 11.1 Å². The van der Waals surface area contributed by atoms with E-state index in [0.717, 1.165) is 17.8 Å². The SMILES string of the molecule is CCCCC1CC=C(c2ccc(-c3ccc([C@H]4CC[C@H](C)CC4)cc3)cc2)CC1. The van der Waals surface area contributed by atoms with Gasteiger partial charge in [0.05, 0.1) is 0 Å². The Kier molecular flexibility index (Phi) is 6.90. The van der Waals surface area contributed by atoms with Crippen LogP contribution in [-0.4, -0.2) is 0 Å². The zero-order valence-corrected chi connectivity index (χ0v) is 18.5. The molecule has 2 aliphatic carbocycles. The summed E-state index contributed by atoms with van der Waals surface area (Å²) < 4.78 is 0. The Morgan fingerprint density at radius 3 is 1.97 bits per heavy atom. The van der Waals surface area contributed by atoms with Gasteiger partial charge in [0, 0.05) is 0 Å². The molecule has 1 saturated carbocycles. The fourth-order valence-corrected chi connectivity index (χ4v) is 5.32. The number of allylic oxidation sites excluding steroid dienone is 2. The molecule has 0 bridgehead atoms. The summed E-state index contributed by atoms with van der Waals surface area (Å²) in [4.78, 5) is 0. The van der Waals surface area contributed by atoms with Crippen LogP contribution in [0.2, 0.25) is 0 Å². The smallest absolute Gasteiger partial charge is 0.0162 e. The summed E-state index contributed by atoms with van der Waals surface area (Å²) in [6.07, 6.45) is 16.1. The van der Waals surface area contributed by atoms with Crippen molar-refractivity contribution in [3.63, 3.8) is 0 Å². The second kappa shape index (κ2) is 9.79. The zero-order valence-electron chi connectivity index (χ0n) is 18.5. The molecule has 1 fully saturated rings. The highest BCUT2D eigenvalue weighted by Crippen LogP contribution is 2.37. The fourth-order valence-electron chi connectivity index (χ4n) is 5.32. The molecule has 0 spiro atoms. The lowest BCUT2D eigenvalue weighted by Gasteiger charge is -2.26. The third-order valence-electron chi connectivity index (χ3n) is 7.47. The van der Waals surface area contributed by atoms with E-state index < -0.39 is 0 Å². The van der Waals surface area contributed by atoms with Crippen LogP contribution in [-0.2, 0) is 0 Å². The number of rotatable bonds is 6. The quantitative estimate of drug-likeness (QED) is 0.464. The molecule has 0 heteroatoms. The molecule has 0 heterocycles. The van der Waals surface area contributed by atoms with Crippen molar-refractivity contribution in [1.29, 1.82) is 0 Å². The molecule has 0 nitrogen and oxygen atoms in total. The number of hydrogen-bond acceptors (Lipinski definition) is 0. The third kappa shape index (κ3) is 5.21. The highest BCUT2D eigenvalue weighted by Gasteiger charge is 2.19. The molecule has 0 radical (unpaired) electrons. The molecule has 1 unspecified atom stereocenters. The highest BCUT2D eigenvalue weighted by atomic mass is 14.2. The van der Waals surface area contributed by atoms with E-state index in [1.165, 1.54) is 80.9 Å². The molecule has 1 atom stereocenters. The van der Waals surface area contributed by atoms with Gasteiger partial charge in [0.1, 0.15) is 0 Å². The third-order valence-corrected chi connectivity index (χ3v) is 7.47. The normalized spacial score (nSPS) is 24.9. The molecular formula is C29H38. The van der Waals surface area contributed by atoms with Gasteiger partial charge in [-0.2, -0.15) is 0 Å². The van der Waals surface area contributed by atoms with Crippen LogP contribution < -0.4 is 0 Å². The van der Waals surface area contributed by atoms with Crippen LogP contribution >= 0.6 is 0 Å². The average Bonchev–Trinajstić information content (AvgIpc) is 2.79. The first-order valence-corrected chi connectivity index (χ1v) is 12.1. The minimum Gasteiger partial charge on any atom is -0.0804 e. The maximum absolute atomic E-state index is 2.51. The van der Waals surface area contributed by atoms with Crippen molar-refractivity contribution in [2.75, 3.05) is 0 Å². The van der Waals surface area contributed by atoms with Crippen LogP contribution in [0.15, 0.2) is 54.6 Å². The topological polar surface area (TPSA) is 0 Å². The minimum atomic E-state index is 0.780. The van der Waals surface area contributed by atoms with Gasteiger partial charge < -0.3 is 0 Å².